The van der Waals surface area contributed by atoms with Crippen molar-refractivity contribution in [1.29, 1.82) is 0 Å². The van der Waals surface area contributed by atoms with Crippen LogP contribution in [0.25, 0.3) is 16.2 Å². The number of halogens is 1. The molecule has 122 valence electrons. The number of aromatic nitrogens is 1. The van der Waals surface area contributed by atoms with Gasteiger partial charge < -0.3 is 10.1 Å². The summed E-state index contributed by atoms with van der Waals surface area (Å²) in [5, 5.41) is 3.72. The van der Waals surface area contributed by atoms with Crippen LogP contribution >= 0.6 is 27.3 Å². The predicted molar refractivity (Wildman–Crippen MR) is 102 cm³/mol. The molecule has 6 heteroatoms. The summed E-state index contributed by atoms with van der Waals surface area (Å²) in [6.45, 7) is 2.51. The van der Waals surface area contributed by atoms with Crippen LogP contribution in [0.4, 0.5) is 0 Å². The number of benzene rings is 1. The molecule has 2 aromatic heterocycles. The molecule has 1 aromatic carbocycles. The minimum Gasteiger partial charge on any atom is -0.455 e. The van der Waals surface area contributed by atoms with Gasteiger partial charge in [0, 0.05) is 33.6 Å². The van der Waals surface area contributed by atoms with Gasteiger partial charge in [0.1, 0.15) is 5.75 Å². The molecule has 4 nitrogen and oxygen atoms in total. The maximum atomic E-state index is 11.5. The van der Waals surface area contributed by atoms with Crippen molar-refractivity contribution in [2.45, 2.75) is 6.92 Å². The number of pyridine rings is 1. The topological polar surface area (TPSA) is 51.2 Å². The number of rotatable bonds is 5. The average Bonchev–Trinajstić information content (AvgIpc) is 2.99. The molecule has 1 amide bonds. The number of amides is 1. The minimum atomic E-state index is -0.0978. The Bertz CT molecular complexity index is 888. The van der Waals surface area contributed by atoms with Crippen molar-refractivity contribution < 1.29 is 9.53 Å². The first-order valence-corrected chi connectivity index (χ1v) is 9.03. The fourth-order valence-electron chi connectivity index (χ4n) is 2.14. The Morgan fingerprint density at radius 1 is 1.33 bits per heavy atom. The second kappa shape index (κ2) is 7.59. The van der Waals surface area contributed by atoms with E-state index < -0.39 is 0 Å². The molecule has 1 N–H and O–H groups in total. The molecule has 3 rings (SSSR count). The number of thiophene rings is 1. The fraction of sp³-hybridized carbons (Fsp3) is 0.111. The number of nitrogens with zero attached hydrogens (tertiary/aromatic N) is 1. The molecule has 0 saturated carbocycles. The van der Waals surface area contributed by atoms with E-state index in [4.69, 9.17) is 4.74 Å². The number of carbonyl (C=O) groups is 1. The Balaban J connectivity index is 1.87. The summed E-state index contributed by atoms with van der Waals surface area (Å²) < 4.78 is 7.96. The zero-order valence-electron chi connectivity index (χ0n) is 13.0. The molecule has 0 aliphatic carbocycles. The normalized spacial score (nSPS) is 11.1. The smallest absolute Gasteiger partial charge is 0.244 e. The monoisotopic (exact) mass is 402 g/mol. The van der Waals surface area contributed by atoms with Gasteiger partial charge in [-0.2, -0.15) is 0 Å². The van der Waals surface area contributed by atoms with Gasteiger partial charge in [-0.25, -0.2) is 0 Å². The average molecular weight is 403 g/mol. The Morgan fingerprint density at radius 2 is 2.12 bits per heavy atom. The number of carbonyl (C=O) groups excluding carboxylic acids is 1. The van der Waals surface area contributed by atoms with Gasteiger partial charge in [0.25, 0.3) is 0 Å². The standard InChI is InChI=1S/C18H15BrN2O2S/c1-2-21-18(22)8-7-14-9-15-16(10-20-11-17(15)24-14)23-13-5-3-12(19)4-6-13/h3-11H,2H2,1H3,(H,21,22). The summed E-state index contributed by atoms with van der Waals surface area (Å²) in [7, 11) is 0. The molecule has 0 radical (unpaired) electrons. The van der Waals surface area contributed by atoms with Crippen molar-refractivity contribution in [3.63, 3.8) is 0 Å². The molecular weight excluding hydrogens is 388 g/mol. The van der Waals surface area contributed by atoms with Gasteiger partial charge in [-0.1, -0.05) is 15.9 Å². The van der Waals surface area contributed by atoms with E-state index >= 15 is 0 Å². The van der Waals surface area contributed by atoms with Crippen LogP contribution in [-0.2, 0) is 4.79 Å². The fourth-order valence-corrected chi connectivity index (χ4v) is 3.35. The molecule has 0 saturated heterocycles. The van der Waals surface area contributed by atoms with Crippen molar-refractivity contribution in [2.75, 3.05) is 6.54 Å². The first-order valence-electron chi connectivity index (χ1n) is 7.42. The lowest BCUT2D eigenvalue weighted by Gasteiger charge is -2.06. The summed E-state index contributed by atoms with van der Waals surface area (Å²) in [6.07, 6.45) is 6.85. The van der Waals surface area contributed by atoms with E-state index in [1.165, 1.54) is 6.08 Å². The van der Waals surface area contributed by atoms with E-state index in [9.17, 15) is 4.79 Å². The summed E-state index contributed by atoms with van der Waals surface area (Å²) in [6, 6.07) is 9.65. The molecule has 0 spiro atoms. The first kappa shape index (κ1) is 16.7. The minimum absolute atomic E-state index is 0.0978. The molecule has 0 aliphatic heterocycles. The SMILES string of the molecule is CCNC(=O)C=Cc1cc2c(Oc3ccc(Br)cc3)cncc2s1. The maximum Gasteiger partial charge on any atom is 0.244 e. The number of hydrogen-bond donors (Lipinski definition) is 1. The maximum absolute atomic E-state index is 11.5. The number of hydrogen-bond acceptors (Lipinski definition) is 4. The lowest BCUT2D eigenvalue weighted by molar-refractivity contribution is -0.116. The summed E-state index contributed by atoms with van der Waals surface area (Å²) in [5.74, 6) is 1.35. The van der Waals surface area contributed by atoms with E-state index in [0.29, 0.717) is 12.3 Å². The third-order valence-corrected chi connectivity index (χ3v) is 4.78. The van der Waals surface area contributed by atoms with Gasteiger partial charge in [0.2, 0.25) is 5.91 Å². The van der Waals surface area contributed by atoms with Crippen molar-refractivity contribution in [3.05, 3.63) is 58.2 Å². The highest BCUT2D eigenvalue weighted by Crippen LogP contribution is 2.35. The molecule has 0 atom stereocenters. The van der Waals surface area contributed by atoms with Gasteiger partial charge in [0.15, 0.2) is 5.75 Å². The zero-order valence-corrected chi connectivity index (χ0v) is 15.4. The van der Waals surface area contributed by atoms with Gasteiger partial charge in [-0.3, -0.25) is 9.78 Å². The third-order valence-electron chi connectivity index (χ3n) is 3.22. The largest absolute Gasteiger partial charge is 0.455 e. The first-order chi connectivity index (χ1) is 11.7. The Hall–Kier alpha value is -2.18. The second-order valence-electron chi connectivity index (χ2n) is 4.98. The van der Waals surface area contributed by atoms with E-state index in [1.807, 2.05) is 37.3 Å². The number of ether oxygens (including phenoxy) is 1. The molecule has 2 heterocycles. The highest BCUT2D eigenvalue weighted by molar-refractivity contribution is 9.10. The van der Waals surface area contributed by atoms with Crippen LogP contribution in [0.2, 0.25) is 0 Å². The second-order valence-corrected chi connectivity index (χ2v) is 7.01. The molecule has 0 aliphatic rings. The van der Waals surface area contributed by atoms with Gasteiger partial charge in [-0.05, 0) is 43.3 Å². The quantitative estimate of drug-likeness (QED) is 0.610. The van der Waals surface area contributed by atoms with Gasteiger partial charge in [-0.15, -0.1) is 11.3 Å². The number of likely N-dealkylation sites (N-methyl/N-ethyl adjacent to an activating group) is 1. The molecule has 0 unspecified atom stereocenters. The van der Waals surface area contributed by atoms with E-state index in [0.717, 1.165) is 25.2 Å². The number of fused-ring (bicyclic) bond motifs is 1. The molecule has 0 bridgehead atoms. The van der Waals surface area contributed by atoms with Crippen LogP contribution in [0.5, 0.6) is 11.5 Å². The molecule has 24 heavy (non-hydrogen) atoms. The van der Waals surface area contributed by atoms with Crippen LogP contribution in [0.3, 0.4) is 0 Å². The summed E-state index contributed by atoms with van der Waals surface area (Å²) in [5.41, 5.74) is 0. The van der Waals surface area contributed by atoms with Crippen LogP contribution in [0.15, 0.2) is 53.3 Å². The molecule has 0 fully saturated rings. The third kappa shape index (κ3) is 4.01. The highest BCUT2D eigenvalue weighted by Gasteiger charge is 2.08. The highest BCUT2D eigenvalue weighted by atomic mass is 79.9. The van der Waals surface area contributed by atoms with E-state index in [1.54, 1.807) is 29.8 Å². The van der Waals surface area contributed by atoms with E-state index in [2.05, 4.69) is 26.2 Å². The van der Waals surface area contributed by atoms with E-state index in [-0.39, 0.29) is 5.91 Å². The van der Waals surface area contributed by atoms with Crippen LogP contribution in [-0.4, -0.2) is 17.4 Å². The number of nitrogens with one attached hydrogen (secondary N) is 1. The summed E-state index contributed by atoms with van der Waals surface area (Å²) >= 11 is 4.98. The van der Waals surface area contributed by atoms with Crippen molar-refractivity contribution in [3.8, 4) is 11.5 Å². The zero-order chi connectivity index (χ0) is 16.9. The van der Waals surface area contributed by atoms with Gasteiger partial charge >= 0.3 is 0 Å². The summed E-state index contributed by atoms with van der Waals surface area (Å²) in [4.78, 5) is 16.7. The van der Waals surface area contributed by atoms with Gasteiger partial charge in [0.05, 0.1) is 10.9 Å². The van der Waals surface area contributed by atoms with Crippen LogP contribution in [0.1, 0.15) is 11.8 Å². The molecular formula is C18H15BrN2O2S. The lowest BCUT2D eigenvalue weighted by atomic mass is 10.2. The van der Waals surface area contributed by atoms with Crippen LogP contribution in [0, 0.1) is 0 Å². The Morgan fingerprint density at radius 3 is 2.88 bits per heavy atom. The van der Waals surface area contributed by atoms with Crippen molar-refractivity contribution in [1.82, 2.24) is 10.3 Å². The van der Waals surface area contributed by atoms with Crippen LogP contribution < -0.4 is 10.1 Å². The van der Waals surface area contributed by atoms with Crippen molar-refractivity contribution >= 4 is 49.3 Å². The predicted octanol–water partition coefficient (Wildman–Crippen LogP) is 5.00. The Kier molecular flexibility index (Phi) is 5.27. The lowest BCUT2D eigenvalue weighted by Crippen LogP contribution is -2.19. The Labute approximate surface area is 152 Å². The van der Waals surface area contributed by atoms with Crippen molar-refractivity contribution in [2.24, 2.45) is 0 Å². The molecule has 3 aromatic rings.